The first kappa shape index (κ1) is 10.5. The van der Waals surface area contributed by atoms with Gasteiger partial charge in [-0.2, -0.15) is 0 Å². The lowest BCUT2D eigenvalue weighted by atomic mass is 10.1. The van der Waals surface area contributed by atoms with E-state index < -0.39 is 9.84 Å². The van der Waals surface area contributed by atoms with Crippen molar-refractivity contribution >= 4 is 15.7 Å². The van der Waals surface area contributed by atoms with Gasteiger partial charge in [-0.3, -0.25) is 4.79 Å². The number of carbonyl (C=O) groups excluding carboxylic acids is 1. The van der Waals surface area contributed by atoms with E-state index in [9.17, 15) is 13.2 Å². The summed E-state index contributed by atoms with van der Waals surface area (Å²) in [5.41, 5.74) is 5.36. The van der Waals surface area contributed by atoms with Crippen LogP contribution >= 0.6 is 0 Å². The molecule has 0 spiro atoms. The number of nitrogens with zero attached hydrogens (tertiary/aromatic N) is 1. The van der Waals surface area contributed by atoms with Crippen LogP contribution in [0.2, 0.25) is 0 Å². The number of nitrogens with two attached hydrogens (primary N) is 1. The highest BCUT2D eigenvalue weighted by atomic mass is 32.2. The van der Waals surface area contributed by atoms with Gasteiger partial charge in [0.1, 0.15) is 15.9 Å². The van der Waals surface area contributed by atoms with Crippen LogP contribution in [0, 0.1) is 0 Å². The Morgan fingerprint density at radius 1 is 1.62 bits per heavy atom. The molecule has 1 atom stereocenters. The monoisotopic (exact) mass is 206 g/mol. The van der Waals surface area contributed by atoms with E-state index in [0.29, 0.717) is 19.5 Å². The average Bonchev–Trinajstić information content (AvgIpc) is 2.00. The van der Waals surface area contributed by atoms with Crippen LogP contribution in [-0.4, -0.2) is 50.4 Å². The van der Waals surface area contributed by atoms with Gasteiger partial charge in [0.25, 0.3) is 0 Å². The maximum absolute atomic E-state index is 11.0. The molecule has 0 aliphatic carbocycles. The summed E-state index contributed by atoms with van der Waals surface area (Å²) in [6, 6.07) is -0.363. The van der Waals surface area contributed by atoms with Crippen molar-refractivity contribution in [2.75, 3.05) is 25.1 Å². The Morgan fingerprint density at radius 2 is 2.23 bits per heavy atom. The zero-order chi connectivity index (χ0) is 10.1. The van der Waals surface area contributed by atoms with Gasteiger partial charge in [0, 0.05) is 19.3 Å². The average molecular weight is 206 g/mol. The van der Waals surface area contributed by atoms with Crippen LogP contribution in [0.15, 0.2) is 0 Å². The summed E-state index contributed by atoms with van der Waals surface area (Å²) >= 11 is 0. The standard InChI is InChI=1S/C7H14N2O3S/c1-13(11,12)4-2-3-9-5-6(8)7(9)10/h6H,2-5,8H2,1H3. The zero-order valence-electron chi connectivity index (χ0n) is 7.56. The minimum Gasteiger partial charge on any atom is -0.339 e. The van der Waals surface area contributed by atoms with Gasteiger partial charge >= 0.3 is 0 Å². The molecule has 6 heteroatoms. The Balaban J connectivity index is 2.19. The predicted molar refractivity (Wildman–Crippen MR) is 48.9 cm³/mol. The highest BCUT2D eigenvalue weighted by molar-refractivity contribution is 7.90. The van der Waals surface area contributed by atoms with Crippen LogP contribution in [0.1, 0.15) is 6.42 Å². The summed E-state index contributed by atoms with van der Waals surface area (Å²) < 4.78 is 21.5. The second-order valence-corrected chi connectivity index (χ2v) is 5.63. The number of amides is 1. The molecule has 5 nitrogen and oxygen atoms in total. The third-order valence-electron chi connectivity index (χ3n) is 1.99. The minimum absolute atomic E-state index is 0.0755. The third-order valence-corrected chi connectivity index (χ3v) is 3.02. The SMILES string of the molecule is CS(=O)(=O)CCCN1CC(N)C1=O. The predicted octanol–water partition coefficient (Wildman–Crippen LogP) is -1.41. The lowest BCUT2D eigenvalue weighted by Crippen LogP contribution is -2.61. The first-order valence-electron chi connectivity index (χ1n) is 4.12. The van der Waals surface area contributed by atoms with Crippen LogP contribution < -0.4 is 5.73 Å². The molecule has 1 rings (SSSR count). The van der Waals surface area contributed by atoms with Gasteiger partial charge in [0.2, 0.25) is 5.91 Å². The molecule has 2 N–H and O–H groups in total. The Morgan fingerprint density at radius 3 is 2.62 bits per heavy atom. The molecule has 1 aliphatic heterocycles. The molecule has 76 valence electrons. The van der Waals surface area contributed by atoms with E-state index in [2.05, 4.69) is 0 Å². The van der Waals surface area contributed by atoms with Gasteiger partial charge in [-0.25, -0.2) is 8.42 Å². The second kappa shape index (κ2) is 3.63. The van der Waals surface area contributed by atoms with Crippen LogP contribution in [0.25, 0.3) is 0 Å². The van der Waals surface area contributed by atoms with Gasteiger partial charge in [-0.1, -0.05) is 0 Å². The van der Waals surface area contributed by atoms with E-state index in [-0.39, 0.29) is 17.7 Å². The summed E-state index contributed by atoms with van der Waals surface area (Å²) in [6.45, 7) is 1.06. The highest BCUT2D eigenvalue weighted by Crippen LogP contribution is 2.08. The molecule has 1 unspecified atom stereocenters. The van der Waals surface area contributed by atoms with Crippen molar-refractivity contribution in [2.24, 2.45) is 5.73 Å². The van der Waals surface area contributed by atoms with E-state index >= 15 is 0 Å². The minimum atomic E-state index is -2.90. The molecule has 0 saturated carbocycles. The third kappa shape index (κ3) is 2.96. The Hall–Kier alpha value is -0.620. The highest BCUT2D eigenvalue weighted by Gasteiger charge is 2.32. The molecule has 1 amide bonds. The number of likely N-dealkylation sites (tertiary alicyclic amines) is 1. The fraction of sp³-hybridized carbons (Fsp3) is 0.857. The first-order valence-corrected chi connectivity index (χ1v) is 6.18. The van der Waals surface area contributed by atoms with Gasteiger partial charge in [-0.15, -0.1) is 0 Å². The molecule has 1 fully saturated rings. The summed E-state index contributed by atoms with van der Waals surface area (Å²) in [6.07, 6.45) is 1.69. The second-order valence-electron chi connectivity index (χ2n) is 3.37. The number of hydrogen-bond donors (Lipinski definition) is 1. The molecule has 0 aromatic carbocycles. The van der Waals surface area contributed by atoms with E-state index in [1.165, 1.54) is 6.26 Å². The smallest absolute Gasteiger partial charge is 0.241 e. The van der Waals surface area contributed by atoms with Gasteiger partial charge < -0.3 is 10.6 Å². The molecule has 13 heavy (non-hydrogen) atoms. The molecule has 0 aromatic rings. The summed E-state index contributed by atoms with van der Waals surface area (Å²) in [7, 11) is -2.90. The first-order chi connectivity index (χ1) is 5.90. The Labute approximate surface area is 77.8 Å². The summed E-state index contributed by atoms with van der Waals surface area (Å²) in [5.74, 6) is 0.0555. The molecule has 0 bridgehead atoms. The number of hydrogen-bond acceptors (Lipinski definition) is 4. The quantitative estimate of drug-likeness (QED) is 0.573. The largest absolute Gasteiger partial charge is 0.339 e. The van der Waals surface area contributed by atoms with Crippen LogP contribution in [0.3, 0.4) is 0 Å². The van der Waals surface area contributed by atoms with Crippen LogP contribution in [0.4, 0.5) is 0 Å². The van der Waals surface area contributed by atoms with Gasteiger partial charge in [-0.05, 0) is 6.42 Å². The normalized spacial score (nSPS) is 23.1. The lowest BCUT2D eigenvalue weighted by molar-refractivity contribution is -0.142. The number of β-lactam (4-membered cyclic amide) rings is 1. The fourth-order valence-electron chi connectivity index (χ4n) is 1.25. The number of rotatable bonds is 4. The maximum Gasteiger partial charge on any atom is 0.241 e. The van der Waals surface area contributed by atoms with Crippen molar-refractivity contribution in [3.63, 3.8) is 0 Å². The van der Waals surface area contributed by atoms with E-state index in [0.717, 1.165) is 0 Å². The van der Waals surface area contributed by atoms with Crippen molar-refractivity contribution in [2.45, 2.75) is 12.5 Å². The van der Waals surface area contributed by atoms with Crippen molar-refractivity contribution < 1.29 is 13.2 Å². The lowest BCUT2D eigenvalue weighted by Gasteiger charge is -2.36. The van der Waals surface area contributed by atoms with Crippen LogP contribution in [0.5, 0.6) is 0 Å². The van der Waals surface area contributed by atoms with Gasteiger partial charge in [0.15, 0.2) is 0 Å². The molecule has 1 aliphatic rings. The van der Waals surface area contributed by atoms with E-state index in [4.69, 9.17) is 5.73 Å². The Bertz CT molecular complexity index is 299. The number of carbonyl (C=O) groups is 1. The summed E-state index contributed by atoms with van der Waals surface area (Å²) in [4.78, 5) is 12.5. The molecule has 1 heterocycles. The van der Waals surface area contributed by atoms with Crippen molar-refractivity contribution in [1.82, 2.24) is 4.90 Å². The molecular formula is C7H14N2O3S. The van der Waals surface area contributed by atoms with E-state index in [1.807, 2.05) is 0 Å². The van der Waals surface area contributed by atoms with Crippen molar-refractivity contribution in [3.05, 3.63) is 0 Å². The summed E-state index contributed by atoms with van der Waals surface area (Å²) in [5, 5.41) is 0. The van der Waals surface area contributed by atoms with E-state index in [1.54, 1.807) is 4.90 Å². The molecule has 0 aromatic heterocycles. The Kier molecular flexibility index (Phi) is 2.92. The van der Waals surface area contributed by atoms with Crippen molar-refractivity contribution in [1.29, 1.82) is 0 Å². The zero-order valence-corrected chi connectivity index (χ0v) is 8.38. The molecule has 0 radical (unpaired) electrons. The molecular weight excluding hydrogens is 192 g/mol. The van der Waals surface area contributed by atoms with Crippen LogP contribution in [-0.2, 0) is 14.6 Å². The maximum atomic E-state index is 11.0. The van der Waals surface area contributed by atoms with Gasteiger partial charge in [0.05, 0.1) is 5.75 Å². The fourth-order valence-corrected chi connectivity index (χ4v) is 1.90. The molecule has 1 saturated heterocycles. The van der Waals surface area contributed by atoms with Crippen molar-refractivity contribution in [3.8, 4) is 0 Å². The topological polar surface area (TPSA) is 80.5 Å². The number of sulfone groups is 1.